The Morgan fingerprint density at radius 2 is 1.45 bits per heavy atom. The molecule has 0 spiro atoms. The molecule has 1 aromatic carbocycles. The minimum atomic E-state index is 0.487. The van der Waals surface area contributed by atoms with Crippen LogP contribution in [0.5, 0.6) is 0 Å². The van der Waals surface area contributed by atoms with Gasteiger partial charge in [0.25, 0.3) is 0 Å². The SMILES string of the molecule is CCc1ccc(C(CC)NCC(C(C)C)C(C)C)cc1. The van der Waals surface area contributed by atoms with Gasteiger partial charge in [-0.25, -0.2) is 0 Å². The van der Waals surface area contributed by atoms with Gasteiger partial charge in [0, 0.05) is 6.04 Å². The fourth-order valence-electron chi connectivity index (χ4n) is 3.00. The van der Waals surface area contributed by atoms with E-state index >= 15 is 0 Å². The molecule has 0 aliphatic heterocycles. The van der Waals surface area contributed by atoms with Gasteiger partial charge in [-0.1, -0.05) is 65.8 Å². The molecule has 1 N–H and O–H groups in total. The summed E-state index contributed by atoms with van der Waals surface area (Å²) in [5, 5.41) is 3.79. The first-order valence-electron chi connectivity index (χ1n) is 8.31. The summed E-state index contributed by atoms with van der Waals surface area (Å²) in [5.41, 5.74) is 2.85. The zero-order chi connectivity index (χ0) is 15.1. The molecule has 0 fully saturated rings. The molecule has 0 bridgehead atoms. The third kappa shape index (κ3) is 4.94. The molecule has 1 atom stereocenters. The average molecular weight is 275 g/mol. The average Bonchev–Trinajstić information content (AvgIpc) is 2.43. The van der Waals surface area contributed by atoms with E-state index in [0.29, 0.717) is 6.04 Å². The van der Waals surface area contributed by atoms with Crippen LogP contribution in [0.2, 0.25) is 0 Å². The van der Waals surface area contributed by atoms with Crippen LogP contribution >= 0.6 is 0 Å². The van der Waals surface area contributed by atoms with Crippen molar-refractivity contribution < 1.29 is 0 Å². The Bertz CT molecular complexity index is 356. The van der Waals surface area contributed by atoms with E-state index in [2.05, 4.69) is 71.1 Å². The molecule has 0 radical (unpaired) electrons. The molecular formula is C19H33N. The standard InChI is InChI=1S/C19H33N/c1-7-16-9-11-17(12-10-16)19(8-2)20-13-18(14(3)4)15(5)6/h9-12,14-15,18-20H,7-8,13H2,1-6H3. The fraction of sp³-hybridized carbons (Fsp3) is 0.684. The Morgan fingerprint density at radius 1 is 0.900 bits per heavy atom. The zero-order valence-electron chi connectivity index (χ0n) is 14.2. The fourth-order valence-corrected chi connectivity index (χ4v) is 3.00. The lowest BCUT2D eigenvalue weighted by Crippen LogP contribution is -2.32. The number of nitrogens with one attached hydrogen (secondary N) is 1. The first-order valence-corrected chi connectivity index (χ1v) is 8.31. The predicted octanol–water partition coefficient (Wildman–Crippen LogP) is 5.22. The van der Waals surface area contributed by atoms with Crippen molar-refractivity contribution in [3.05, 3.63) is 35.4 Å². The quantitative estimate of drug-likeness (QED) is 0.686. The van der Waals surface area contributed by atoms with Gasteiger partial charge in [-0.15, -0.1) is 0 Å². The second kappa shape index (κ2) is 8.46. The molecule has 0 heterocycles. The van der Waals surface area contributed by atoms with Gasteiger partial charge in [0.05, 0.1) is 0 Å². The maximum Gasteiger partial charge on any atom is 0.0317 e. The summed E-state index contributed by atoms with van der Waals surface area (Å²) in [7, 11) is 0. The highest BCUT2D eigenvalue weighted by atomic mass is 14.9. The molecular weight excluding hydrogens is 242 g/mol. The summed E-state index contributed by atoms with van der Waals surface area (Å²) in [5.74, 6) is 2.23. The predicted molar refractivity (Wildman–Crippen MR) is 90.0 cm³/mol. The van der Waals surface area contributed by atoms with Gasteiger partial charge >= 0.3 is 0 Å². The van der Waals surface area contributed by atoms with Crippen LogP contribution in [0.4, 0.5) is 0 Å². The van der Waals surface area contributed by atoms with E-state index in [1.54, 1.807) is 0 Å². The van der Waals surface area contributed by atoms with Crippen molar-refractivity contribution in [2.45, 2.75) is 60.4 Å². The minimum Gasteiger partial charge on any atom is -0.310 e. The van der Waals surface area contributed by atoms with Crippen LogP contribution in [0, 0.1) is 17.8 Å². The van der Waals surface area contributed by atoms with E-state index in [4.69, 9.17) is 0 Å². The van der Waals surface area contributed by atoms with Crippen molar-refractivity contribution in [1.82, 2.24) is 5.32 Å². The Balaban J connectivity index is 2.66. The molecule has 1 nitrogen and oxygen atoms in total. The molecule has 1 rings (SSSR count). The summed E-state index contributed by atoms with van der Waals surface area (Å²) in [4.78, 5) is 0. The lowest BCUT2D eigenvalue weighted by molar-refractivity contribution is 0.264. The summed E-state index contributed by atoms with van der Waals surface area (Å²) >= 11 is 0. The molecule has 0 aliphatic carbocycles. The lowest BCUT2D eigenvalue weighted by atomic mass is 9.85. The third-order valence-corrected chi connectivity index (χ3v) is 4.51. The summed E-state index contributed by atoms with van der Waals surface area (Å²) in [6.07, 6.45) is 2.27. The van der Waals surface area contributed by atoms with E-state index in [1.807, 2.05) is 0 Å². The van der Waals surface area contributed by atoms with E-state index in [9.17, 15) is 0 Å². The van der Waals surface area contributed by atoms with Crippen LogP contribution in [-0.4, -0.2) is 6.54 Å². The second-order valence-electron chi connectivity index (χ2n) is 6.62. The second-order valence-corrected chi connectivity index (χ2v) is 6.62. The van der Waals surface area contributed by atoms with Crippen LogP contribution in [0.25, 0.3) is 0 Å². The topological polar surface area (TPSA) is 12.0 Å². The monoisotopic (exact) mass is 275 g/mol. The smallest absolute Gasteiger partial charge is 0.0317 e. The van der Waals surface area contributed by atoms with Crippen molar-refractivity contribution in [3.8, 4) is 0 Å². The molecule has 1 unspecified atom stereocenters. The Hall–Kier alpha value is -0.820. The summed E-state index contributed by atoms with van der Waals surface area (Å²) < 4.78 is 0. The number of benzene rings is 1. The number of hydrogen-bond acceptors (Lipinski definition) is 1. The molecule has 0 aliphatic rings. The number of rotatable bonds is 8. The van der Waals surface area contributed by atoms with Gasteiger partial charge in [0.2, 0.25) is 0 Å². The van der Waals surface area contributed by atoms with Crippen molar-refractivity contribution in [2.75, 3.05) is 6.54 Å². The van der Waals surface area contributed by atoms with E-state index in [0.717, 1.165) is 37.1 Å². The number of aryl methyl sites for hydroxylation is 1. The molecule has 1 heteroatoms. The molecule has 20 heavy (non-hydrogen) atoms. The third-order valence-electron chi connectivity index (χ3n) is 4.51. The van der Waals surface area contributed by atoms with Gasteiger partial charge in [-0.2, -0.15) is 0 Å². The molecule has 0 aromatic heterocycles. The summed E-state index contributed by atoms with van der Waals surface area (Å²) in [6.45, 7) is 14.9. The van der Waals surface area contributed by atoms with Gasteiger partial charge in [-0.3, -0.25) is 0 Å². The lowest BCUT2D eigenvalue weighted by Gasteiger charge is -2.28. The van der Waals surface area contributed by atoms with Crippen LogP contribution in [0.1, 0.15) is 65.1 Å². The summed E-state index contributed by atoms with van der Waals surface area (Å²) in [6, 6.07) is 9.60. The van der Waals surface area contributed by atoms with Gasteiger partial charge in [0.15, 0.2) is 0 Å². The van der Waals surface area contributed by atoms with Crippen LogP contribution in [0.3, 0.4) is 0 Å². The maximum absolute atomic E-state index is 3.79. The highest BCUT2D eigenvalue weighted by Crippen LogP contribution is 2.23. The Kier molecular flexibility index (Phi) is 7.29. The largest absolute Gasteiger partial charge is 0.310 e. The van der Waals surface area contributed by atoms with Crippen molar-refractivity contribution >= 4 is 0 Å². The Morgan fingerprint density at radius 3 is 1.85 bits per heavy atom. The van der Waals surface area contributed by atoms with Crippen molar-refractivity contribution in [1.29, 1.82) is 0 Å². The maximum atomic E-state index is 3.79. The van der Waals surface area contributed by atoms with Crippen molar-refractivity contribution in [2.24, 2.45) is 17.8 Å². The molecule has 0 amide bonds. The molecule has 0 saturated carbocycles. The van der Waals surface area contributed by atoms with E-state index in [-0.39, 0.29) is 0 Å². The van der Waals surface area contributed by atoms with E-state index < -0.39 is 0 Å². The normalized spacial score (nSPS) is 13.4. The van der Waals surface area contributed by atoms with Crippen molar-refractivity contribution in [3.63, 3.8) is 0 Å². The van der Waals surface area contributed by atoms with Gasteiger partial charge < -0.3 is 5.32 Å². The van der Waals surface area contributed by atoms with Gasteiger partial charge in [0.1, 0.15) is 0 Å². The molecule has 0 saturated heterocycles. The first-order chi connectivity index (χ1) is 9.49. The molecule has 114 valence electrons. The highest BCUT2D eigenvalue weighted by molar-refractivity contribution is 5.25. The van der Waals surface area contributed by atoms with Crippen LogP contribution in [0.15, 0.2) is 24.3 Å². The van der Waals surface area contributed by atoms with Crippen LogP contribution < -0.4 is 5.32 Å². The Labute approximate surface area is 126 Å². The van der Waals surface area contributed by atoms with Gasteiger partial charge in [-0.05, 0) is 48.3 Å². The highest BCUT2D eigenvalue weighted by Gasteiger charge is 2.19. The zero-order valence-corrected chi connectivity index (χ0v) is 14.2. The molecule has 1 aromatic rings. The number of hydrogen-bond donors (Lipinski definition) is 1. The first kappa shape index (κ1) is 17.2. The minimum absolute atomic E-state index is 0.487. The van der Waals surface area contributed by atoms with Crippen LogP contribution in [-0.2, 0) is 6.42 Å². The van der Waals surface area contributed by atoms with E-state index in [1.165, 1.54) is 11.1 Å².